The highest BCUT2D eigenvalue weighted by molar-refractivity contribution is 6.15. The number of rotatable bonds is 3. The Bertz CT molecular complexity index is 3280. The van der Waals surface area contributed by atoms with Crippen molar-refractivity contribution in [2.45, 2.75) is 0 Å². The van der Waals surface area contributed by atoms with Crippen LogP contribution in [0.25, 0.3) is 99.3 Å². The lowest BCUT2D eigenvalue weighted by molar-refractivity contribution is 0.669. The second-order valence-electron chi connectivity index (χ2n) is 13.0. The van der Waals surface area contributed by atoms with E-state index in [4.69, 9.17) is 9.40 Å². The van der Waals surface area contributed by atoms with Crippen LogP contribution >= 0.6 is 0 Å². The van der Waals surface area contributed by atoms with Gasteiger partial charge in [-0.1, -0.05) is 103 Å². The van der Waals surface area contributed by atoms with E-state index >= 15 is 0 Å². The molecule has 7 aromatic carbocycles. The molecular weight excluding hydrogens is 629 g/mol. The first-order valence-electron chi connectivity index (χ1n) is 17.0. The highest BCUT2D eigenvalue weighted by Gasteiger charge is 2.19. The van der Waals surface area contributed by atoms with Gasteiger partial charge in [0.2, 0.25) is 0 Å². The SMILES string of the molecule is O=c1nc(-c2cccc3oc4ccc(-c5ccc6c(c5)c5ccccc5n6-c5ccccc5)cc4c23)nc2c3ccccc3c3ccccc3n12. The predicted octanol–water partition coefficient (Wildman–Crippen LogP) is 10.7. The molecule has 0 aliphatic carbocycles. The molecule has 0 aliphatic heterocycles. The molecule has 11 aromatic rings. The molecule has 0 aliphatic rings. The maximum absolute atomic E-state index is 13.9. The van der Waals surface area contributed by atoms with Gasteiger partial charge in [0.25, 0.3) is 0 Å². The fourth-order valence-electron chi connectivity index (χ4n) is 7.93. The average Bonchev–Trinajstić information content (AvgIpc) is 3.73. The highest BCUT2D eigenvalue weighted by atomic mass is 16.3. The van der Waals surface area contributed by atoms with Crippen LogP contribution in [-0.4, -0.2) is 18.9 Å². The van der Waals surface area contributed by atoms with Gasteiger partial charge in [-0.2, -0.15) is 4.98 Å². The van der Waals surface area contributed by atoms with Crippen LogP contribution in [0.2, 0.25) is 0 Å². The summed E-state index contributed by atoms with van der Waals surface area (Å²) in [6, 6.07) is 53.9. The third-order valence-electron chi connectivity index (χ3n) is 10.2. The molecule has 0 saturated carbocycles. The minimum Gasteiger partial charge on any atom is -0.456 e. The Balaban J connectivity index is 1.13. The summed E-state index contributed by atoms with van der Waals surface area (Å²) >= 11 is 0. The normalized spacial score (nSPS) is 12.0. The van der Waals surface area contributed by atoms with Crippen molar-refractivity contribution in [2.75, 3.05) is 0 Å². The van der Waals surface area contributed by atoms with E-state index in [1.807, 2.05) is 72.8 Å². The Morgan fingerprint density at radius 2 is 1.12 bits per heavy atom. The molecule has 0 radical (unpaired) electrons. The Kier molecular flexibility index (Phi) is 5.72. The van der Waals surface area contributed by atoms with Gasteiger partial charge < -0.3 is 8.98 Å². The van der Waals surface area contributed by atoms with Crippen molar-refractivity contribution >= 4 is 71.1 Å². The fraction of sp³-hybridized carbons (Fsp3) is 0. The molecule has 0 bridgehead atoms. The Morgan fingerprint density at radius 1 is 0.471 bits per heavy atom. The van der Waals surface area contributed by atoms with Crippen LogP contribution in [0.3, 0.4) is 0 Å². The van der Waals surface area contributed by atoms with Crippen LogP contribution in [0.1, 0.15) is 0 Å². The highest BCUT2D eigenvalue weighted by Crippen LogP contribution is 2.40. The van der Waals surface area contributed by atoms with Crippen LogP contribution in [0, 0.1) is 0 Å². The van der Waals surface area contributed by atoms with Crippen molar-refractivity contribution in [1.29, 1.82) is 0 Å². The Morgan fingerprint density at radius 3 is 1.94 bits per heavy atom. The predicted molar refractivity (Wildman–Crippen MR) is 207 cm³/mol. The molecule has 0 amide bonds. The Hall–Kier alpha value is -7.05. The number of furan rings is 1. The number of para-hydroxylation sites is 3. The van der Waals surface area contributed by atoms with Gasteiger partial charge >= 0.3 is 5.69 Å². The van der Waals surface area contributed by atoms with Crippen LogP contribution < -0.4 is 5.69 Å². The van der Waals surface area contributed by atoms with E-state index in [0.29, 0.717) is 17.1 Å². The van der Waals surface area contributed by atoms with Crippen LogP contribution in [0.15, 0.2) is 167 Å². The van der Waals surface area contributed by atoms with E-state index in [9.17, 15) is 4.79 Å². The molecule has 6 heteroatoms. The second-order valence-corrected chi connectivity index (χ2v) is 13.0. The maximum atomic E-state index is 13.9. The third kappa shape index (κ3) is 4.01. The number of aromatic nitrogens is 4. The van der Waals surface area contributed by atoms with E-state index in [1.54, 1.807) is 4.40 Å². The summed E-state index contributed by atoms with van der Waals surface area (Å²) in [5, 5.41) is 7.13. The number of hydrogen-bond acceptors (Lipinski definition) is 4. The summed E-state index contributed by atoms with van der Waals surface area (Å²) in [7, 11) is 0. The maximum Gasteiger partial charge on any atom is 0.355 e. The van der Waals surface area contributed by atoms with Crippen molar-refractivity contribution < 1.29 is 4.42 Å². The quantitative estimate of drug-likeness (QED) is 0.178. The number of hydrogen-bond donors (Lipinski definition) is 0. The number of benzene rings is 7. The summed E-state index contributed by atoms with van der Waals surface area (Å²) in [5.41, 5.74) is 8.84. The zero-order valence-electron chi connectivity index (χ0n) is 27.1. The summed E-state index contributed by atoms with van der Waals surface area (Å²) in [4.78, 5) is 23.6. The molecule has 0 atom stereocenters. The summed E-state index contributed by atoms with van der Waals surface area (Å²) in [6.07, 6.45) is 0. The van der Waals surface area contributed by atoms with Crippen LogP contribution in [-0.2, 0) is 0 Å². The molecule has 0 spiro atoms. The van der Waals surface area contributed by atoms with E-state index in [0.717, 1.165) is 65.9 Å². The van der Waals surface area contributed by atoms with Gasteiger partial charge in [0.15, 0.2) is 11.5 Å². The molecule has 4 aromatic heterocycles. The molecule has 4 heterocycles. The Labute approximate surface area is 290 Å². The van der Waals surface area contributed by atoms with Crippen molar-refractivity contribution in [2.24, 2.45) is 0 Å². The van der Waals surface area contributed by atoms with Crippen molar-refractivity contribution in [3.63, 3.8) is 0 Å². The molecule has 0 unspecified atom stereocenters. The molecular formula is C45H26N4O2. The standard InChI is InChI=1S/C45H26N4O2/c50-45-47-43(46-44-33-16-5-4-13-30(33)31-14-6-9-19-38(31)49(44)45)34-17-10-20-41-42(34)36-26-28(22-24-40(36)51-41)27-21-23-39-35(25-27)32-15-7-8-18-37(32)48(39)29-11-2-1-3-12-29/h1-26H. The lowest BCUT2D eigenvalue weighted by Crippen LogP contribution is -2.20. The second kappa shape index (κ2) is 10.5. The van der Waals surface area contributed by atoms with E-state index in [2.05, 4.69) is 94.5 Å². The van der Waals surface area contributed by atoms with Crippen LogP contribution in [0.4, 0.5) is 0 Å². The smallest absolute Gasteiger partial charge is 0.355 e. The molecule has 0 N–H and O–H groups in total. The van der Waals surface area contributed by atoms with Gasteiger partial charge in [0.1, 0.15) is 11.2 Å². The molecule has 6 nitrogen and oxygen atoms in total. The van der Waals surface area contributed by atoms with Gasteiger partial charge in [-0.15, -0.1) is 0 Å². The summed E-state index contributed by atoms with van der Waals surface area (Å²) in [6.45, 7) is 0. The molecule has 11 rings (SSSR count). The topological polar surface area (TPSA) is 65.3 Å². The van der Waals surface area contributed by atoms with Crippen LogP contribution in [0.5, 0.6) is 0 Å². The first-order valence-corrected chi connectivity index (χ1v) is 17.0. The molecule has 0 saturated heterocycles. The van der Waals surface area contributed by atoms with E-state index in [1.165, 1.54) is 16.3 Å². The average molecular weight is 655 g/mol. The molecule has 238 valence electrons. The van der Waals surface area contributed by atoms with Gasteiger partial charge in [-0.25, -0.2) is 14.2 Å². The van der Waals surface area contributed by atoms with Crippen molar-refractivity contribution in [3.8, 4) is 28.2 Å². The number of fused-ring (bicyclic) bond motifs is 12. The first kappa shape index (κ1) is 27.9. The third-order valence-corrected chi connectivity index (χ3v) is 10.2. The minimum atomic E-state index is -0.370. The minimum absolute atomic E-state index is 0.370. The monoisotopic (exact) mass is 654 g/mol. The summed E-state index contributed by atoms with van der Waals surface area (Å²) < 4.78 is 10.3. The lowest BCUT2D eigenvalue weighted by Gasteiger charge is -2.11. The van der Waals surface area contributed by atoms with Gasteiger partial charge in [0.05, 0.1) is 16.6 Å². The van der Waals surface area contributed by atoms with Crippen molar-refractivity contribution in [1.82, 2.24) is 18.9 Å². The fourth-order valence-corrected chi connectivity index (χ4v) is 7.93. The molecule has 51 heavy (non-hydrogen) atoms. The summed E-state index contributed by atoms with van der Waals surface area (Å²) in [5.74, 6) is 0.370. The largest absolute Gasteiger partial charge is 0.456 e. The van der Waals surface area contributed by atoms with Gasteiger partial charge in [0, 0.05) is 43.6 Å². The zero-order valence-corrected chi connectivity index (χ0v) is 27.1. The van der Waals surface area contributed by atoms with Gasteiger partial charge in [-0.3, -0.25) is 0 Å². The lowest BCUT2D eigenvalue weighted by atomic mass is 9.99. The first-order chi connectivity index (χ1) is 25.2. The number of pyridine rings is 1. The van der Waals surface area contributed by atoms with E-state index < -0.39 is 0 Å². The number of nitrogens with zero attached hydrogens (tertiary/aromatic N) is 4. The zero-order chi connectivity index (χ0) is 33.6. The van der Waals surface area contributed by atoms with Gasteiger partial charge in [-0.05, 0) is 71.1 Å². The van der Waals surface area contributed by atoms with E-state index in [-0.39, 0.29) is 5.69 Å². The van der Waals surface area contributed by atoms with Crippen molar-refractivity contribution in [3.05, 3.63) is 168 Å². The molecule has 0 fully saturated rings.